The molecule has 0 aliphatic heterocycles. The maximum Gasteiger partial charge on any atom is 0.124 e. The molecule has 3 nitrogen and oxygen atoms in total. The van der Waals surface area contributed by atoms with Gasteiger partial charge in [-0.25, -0.2) is 4.84 Å². The van der Waals surface area contributed by atoms with Crippen LogP contribution in [-0.4, -0.2) is 5.16 Å². The zero-order valence-corrected chi connectivity index (χ0v) is 4.85. The lowest BCUT2D eigenvalue weighted by molar-refractivity contribution is 0.411. The Kier molecular flexibility index (Phi) is 1.88. The van der Waals surface area contributed by atoms with Crippen LogP contribution < -0.4 is 4.84 Å². The minimum atomic E-state index is 0.540. The van der Waals surface area contributed by atoms with E-state index in [0.717, 1.165) is 5.69 Å². The maximum absolute atomic E-state index is 5.16. The average molecular weight is 133 g/mol. The number of hydrogen-bond acceptors (Lipinski definition) is 3. The summed E-state index contributed by atoms with van der Waals surface area (Å²) in [6.45, 7) is 0.540. The Balaban J connectivity index is 2.50. The van der Waals surface area contributed by atoms with Gasteiger partial charge < -0.3 is 4.52 Å². The van der Waals surface area contributed by atoms with Crippen LogP contribution in [0.25, 0.3) is 0 Å². The van der Waals surface area contributed by atoms with Gasteiger partial charge in [0, 0.05) is 6.07 Å². The van der Waals surface area contributed by atoms with Crippen LogP contribution in [-0.2, 0) is 6.54 Å². The van der Waals surface area contributed by atoms with Crippen LogP contribution in [0.1, 0.15) is 5.69 Å². The molecule has 0 saturated carbocycles. The Morgan fingerprint density at radius 2 is 2.75 bits per heavy atom. The van der Waals surface area contributed by atoms with Crippen molar-refractivity contribution in [1.82, 2.24) is 9.99 Å². The lowest BCUT2D eigenvalue weighted by atomic mass is 10.5. The molecule has 0 bridgehead atoms. The van der Waals surface area contributed by atoms with Gasteiger partial charge in [0.25, 0.3) is 0 Å². The zero-order valence-electron chi connectivity index (χ0n) is 4.10. The fourth-order valence-corrected chi connectivity index (χ4v) is 0.534. The second-order valence-corrected chi connectivity index (χ2v) is 1.57. The van der Waals surface area contributed by atoms with E-state index >= 15 is 0 Å². The Labute approximate surface area is 51.7 Å². The summed E-state index contributed by atoms with van der Waals surface area (Å²) in [5.74, 6) is 0. The van der Waals surface area contributed by atoms with Crippen molar-refractivity contribution in [1.29, 1.82) is 0 Å². The van der Waals surface area contributed by atoms with Crippen molar-refractivity contribution in [3.05, 3.63) is 18.0 Å². The Morgan fingerprint density at radius 3 is 3.25 bits per heavy atom. The van der Waals surface area contributed by atoms with Crippen LogP contribution in [0.3, 0.4) is 0 Å². The van der Waals surface area contributed by atoms with E-state index in [9.17, 15) is 0 Å². The standard InChI is InChI=1S/C4H5ClN2O/c5-6-3-4-1-2-8-7-4/h1-2,6H,3H2. The summed E-state index contributed by atoms with van der Waals surface area (Å²) in [5, 5.41) is 3.58. The average Bonchev–Trinajstić information content (AvgIpc) is 2.19. The molecule has 0 spiro atoms. The summed E-state index contributed by atoms with van der Waals surface area (Å²) in [6.07, 6.45) is 1.50. The van der Waals surface area contributed by atoms with Crippen molar-refractivity contribution in [2.24, 2.45) is 0 Å². The lowest BCUT2D eigenvalue weighted by Crippen LogP contribution is -1.97. The Bertz CT molecular complexity index is 140. The number of aromatic nitrogens is 1. The third-order valence-corrected chi connectivity index (χ3v) is 0.873. The number of nitrogens with one attached hydrogen (secondary N) is 1. The zero-order chi connectivity index (χ0) is 5.82. The predicted molar refractivity (Wildman–Crippen MR) is 29.2 cm³/mol. The molecule has 1 heterocycles. The molecule has 0 aliphatic carbocycles. The van der Waals surface area contributed by atoms with Crippen molar-refractivity contribution >= 4 is 11.8 Å². The van der Waals surface area contributed by atoms with Crippen molar-refractivity contribution in [2.75, 3.05) is 0 Å². The van der Waals surface area contributed by atoms with E-state index < -0.39 is 0 Å². The summed E-state index contributed by atoms with van der Waals surface area (Å²) in [4.78, 5) is 2.42. The second-order valence-electron chi connectivity index (χ2n) is 1.30. The third kappa shape index (κ3) is 1.21. The van der Waals surface area contributed by atoms with Gasteiger partial charge in [0.15, 0.2) is 0 Å². The molecule has 4 heteroatoms. The molecule has 0 aliphatic rings. The molecule has 0 amide bonds. The molecule has 0 radical (unpaired) electrons. The highest BCUT2D eigenvalue weighted by atomic mass is 35.5. The molecule has 0 saturated heterocycles. The highest BCUT2D eigenvalue weighted by Gasteiger charge is 1.90. The molecule has 1 aromatic rings. The highest BCUT2D eigenvalue weighted by molar-refractivity contribution is 6.13. The molecule has 0 aromatic carbocycles. The molecular weight excluding hydrogens is 128 g/mol. The van der Waals surface area contributed by atoms with Crippen LogP contribution >= 0.6 is 11.8 Å². The van der Waals surface area contributed by atoms with Crippen LogP contribution in [0.15, 0.2) is 16.9 Å². The van der Waals surface area contributed by atoms with Crippen molar-refractivity contribution in [2.45, 2.75) is 6.54 Å². The fourth-order valence-electron chi connectivity index (χ4n) is 0.397. The van der Waals surface area contributed by atoms with E-state index in [1.54, 1.807) is 6.07 Å². The SMILES string of the molecule is ClNCc1ccon1. The molecular formula is C4H5ClN2O. The minimum absolute atomic E-state index is 0.540. The normalized spacial score (nSPS) is 9.62. The lowest BCUT2D eigenvalue weighted by Gasteiger charge is -1.84. The summed E-state index contributed by atoms with van der Waals surface area (Å²) >= 11 is 5.16. The summed E-state index contributed by atoms with van der Waals surface area (Å²) in [6, 6.07) is 1.75. The van der Waals surface area contributed by atoms with E-state index in [0.29, 0.717) is 6.54 Å². The first-order valence-corrected chi connectivity index (χ1v) is 2.54. The predicted octanol–water partition coefficient (Wildman–Crippen LogP) is 0.918. The van der Waals surface area contributed by atoms with Gasteiger partial charge in [0.05, 0.1) is 12.2 Å². The largest absolute Gasteiger partial charge is 0.364 e. The van der Waals surface area contributed by atoms with E-state index in [1.165, 1.54) is 6.26 Å². The van der Waals surface area contributed by atoms with E-state index in [-0.39, 0.29) is 0 Å². The smallest absolute Gasteiger partial charge is 0.124 e. The molecule has 0 unspecified atom stereocenters. The summed E-state index contributed by atoms with van der Waals surface area (Å²) < 4.78 is 4.52. The van der Waals surface area contributed by atoms with E-state index in [2.05, 4.69) is 14.5 Å². The number of hydrogen-bond donors (Lipinski definition) is 1. The first-order valence-electron chi connectivity index (χ1n) is 2.16. The van der Waals surface area contributed by atoms with Crippen LogP contribution in [0.5, 0.6) is 0 Å². The molecule has 44 valence electrons. The van der Waals surface area contributed by atoms with Gasteiger partial charge in [-0.1, -0.05) is 5.16 Å². The van der Waals surface area contributed by atoms with E-state index in [1.807, 2.05) is 0 Å². The first-order chi connectivity index (χ1) is 3.93. The molecule has 1 rings (SSSR count). The Morgan fingerprint density at radius 1 is 1.88 bits per heavy atom. The van der Waals surface area contributed by atoms with Gasteiger partial charge in [-0.15, -0.1) is 0 Å². The Hall–Kier alpha value is -0.540. The monoisotopic (exact) mass is 132 g/mol. The molecule has 1 aromatic heterocycles. The van der Waals surface area contributed by atoms with Gasteiger partial charge >= 0.3 is 0 Å². The van der Waals surface area contributed by atoms with Gasteiger partial charge in [0.1, 0.15) is 6.26 Å². The summed E-state index contributed by atoms with van der Waals surface area (Å²) in [5.41, 5.74) is 0.806. The molecule has 1 N–H and O–H groups in total. The van der Waals surface area contributed by atoms with Crippen molar-refractivity contribution < 1.29 is 4.52 Å². The van der Waals surface area contributed by atoms with Gasteiger partial charge in [-0.05, 0) is 11.8 Å². The van der Waals surface area contributed by atoms with Crippen molar-refractivity contribution in [3.8, 4) is 0 Å². The molecule has 8 heavy (non-hydrogen) atoms. The quantitative estimate of drug-likeness (QED) is 0.608. The fraction of sp³-hybridized carbons (Fsp3) is 0.250. The number of nitrogens with zero attached hydrogens (tertiary/aromatic N) is 1. The van der Waals surface area contributed by atoms with Gasteiger partial charge in [0.2, 0.25) is 0 Å². The topological polar surface area (TPSA) is 38.1 Å². The third-order valence-electron chi connectivity index (χ3n) is 0.739. The van der Waals surface area contributed by atoms with Crippen LogP contribution in [0, 0.1) is 0 Å². The molecule has 0 atom stereocenters. The van der Waals surface area contributed by atoms with Gasteiger partial charge in [-0.3, -0.25) is 0 Å². The van der Waals surface area contributed by atoms with E-state index in [4.69, 9.17) is 11.8 Å². The first kappa shape index (κ1) is 5.59. The van der Waals surface area contributed by atoms with Crippen molar-refractivity contribution in [3.63, 3.8) is 0 Å². The number of halogens is 1. The molecule has 0 fully saturated rings. The maximum atomic E-state index is 5.16. The highest BCUT2D eigenvalue weighted by Crippen LogP contribution is 1.92. The number of rotatable bonds is 2. The second kappa shape index (κ2) is 2.69. The van der Waals surface area contributed by atoms with Crippen LogP contribution in [0.2, 0.25) is 0 Å². The van der Waals surface area contributed by atoms with Crippen LogP contribution in [0.4, 0.5) is 0 Å². The van der Waals surface area contributed by atoms with Gasteiger partial charge in [-0.2, -0.15) is 0 Å². The minimum Gasteiger partial charge on any atom is -0.364 e. The summed E-state index contributed by atoms with van der Waals surface area (Å²) in [7, 11) is 0.